The minimum atomic E-state index is -1.91. The van der Waals surface area contributed by atoms with Gasteiger partial charge in [-0.1, -0.05) is 18.2 Å². The number of ether oxygens (including phenoxy) is 1. The molecule has 1 atom stereocenters. The van der Waals surface area contributed by atoms with E-state index in [1.807, 2.05) is 5.32 Å². The normalized spacial score (nSPS) is 11.1. The van der Waals surface area contributed by atoms with E-state index in [0.29, 0.717) is 0 Å². The topological polar surface area (TPSA) is 110 Å². The smallest absolute Gasteiger partial charge is 0.373 e. The maximum absolute atomic E-state index is 11.6. The monoisotopic (exact) mass is 251 g/mol. The van der Waals surface area contributed by atoms with Crippen molar-refractivity contribution >= 4 is 24.1 Å². The predicted molar refractivity (Wildman–Crippen MR) is 57.5 cm³/mol. The predicted octanol–water partition coefficient (Wildman–Crippen LogP) is -0.431. The first-order valence-electron chi connectivity index (χ1n) is 4.79. The number of esters is 1. The number of hydrogen-bond donors (Lipinski definition) is 2. The highest BCUT2D eigenvalue weighted by molar-refractivity contribution is 6.20. The molecule has 1 rings (SSSR count). The molecule has 1 unspecified atom stereocenters. The van der Waals surface area contributed by atoms with Crippen molar-refractivity contribution in [1.29, 1.82) is 0 Å². The molecule has 1 aromatic carbocycles. The highest BCUT2D eigenvalue weighted by atomic mass is 16.6. The molecule has 0 bridgehead atoms. The van der Waals surface area contributed by atoms with Crippen LogP contribution in [0.1, 0.15) is 10.4 Å². The van der Waals surface area contributed by atoms with E-state index in [-0.39, 0.29) is 11.8 Å². The number of amides is 1. The largest absolute Gasteiger partial charge is 0.477 e. The quantitative estimate of drug-likeness (QED) is 0.318. The van der Waals surface area contributed by atoms with Gasteiger partial charge in [0, 0.05) is 5.56 Å². The molecular formula is C11H9NO6. The Labute approximate surface area is 101 Å². The average molecular weight is 251 g/mol. The van der Waals surface area contributed by atoms with Gasteiger partial charge < -0.3 is 15.2 Å². The molecule has 0 spiro atoms. The fourth-order valence-corrected chi connectivity index (χ4v) is 1.08. The van der Waals surface area contributed by atoms with Gasteiger partial charge in [0.05, 0.1) is 0 Å². The van der Waals surface area contributed by atoms with Crippen molar-refractivity contribution in [3.05, 3.63) is 35.9 Å². The zero-order chi connectivity index (χ0) is 13.5. The van der Waals surface area contributed by atoms with E-state index < -0.39 is 24.1 Å². The van der Waals surface area contributed by atoms with Crippen LogP contribution in [0.4, 0.5) is 0 Å². The van der Waals surface area contributed by atoms with Crippen molar-refractivity contribution in [1.82, 2.24) is 5.32 Å². The number of carboxylic acids is 1. The van der Waals surface area contributed by atoms with Gasteiger partial charge in [-0.05, 0) is 12.1 Å². The number of benzene rings is 1. The van der Waals surface area contributed by atoms with Crippen molar-refractivity contribution in [2.24, 2.45) is 0 Å². The summed E-state index contributed by atoms with van der Waals surface area (Å²) in [6.07, 6.45) is -2.10. The van der Waals surface area contributed by atoms with E-state index in [9.17, 15) is 19.2 Å². The minimum Gasteiger partial charge on any atom is -0.477 e. The molecule has 0 saturated heterocycles. The van der Waals surface area contributed by atoms with Crippen LogP contribution in [0.2, 0.25) is 0 Å². The van der Waals surface area contributed by atoms with Crippen LogP contribution in [-0.4, -0.2) is 35.5 Å². The molecule has 0 fully saturated rings. The number of aldehydes is 1. The van der Waals surface area contributed by atoms with E-state index >= 15 is 0 Å². The number of rotatable bonds is 5. The van der Waals surface area contributed by atoms with Crippen LogP contribution in [0.3, 0.4) is 0 Å². The fourth-order valence-electron chi connectivity index (χ4n) is 1.08. The summed E-state index contributed by atoms with van der Waals surface area (Å²) < 4.78 is 4.21. The molecule has 2 N–H and O–H groups in total. The molecule has 18 heavy (non-hydrogen) atoms. The summed E-state index contributed by atoms with van der Waals surface area (Å²) in [6.45, 7) is 0. The van der Waals surface area contributed by atoms with Crippen LogP contribution in [0, 0.1) is 0 Å². The maximum Gasteiger partial charge on any atom is 0.373 e. The van der Waals surface area contributed by atoms with Crippen molar-refractivity contribution in [3.8, 4) is 0 Å². The van der Waals surface area contributed by atoms with Gasteiger partial charge in [0.1, 0.15) is 0 Å². The number of nitrogens with one attached hydrogen (secondary N) is 1. The highest BCUT2D eigenvalue weighted by Crippen LogP contribution is 1.99. The van der Waals surface area contributed by atoms with Gasteiger partial charge >= 0.3 is 11.9 Å². The van der Waals surface area contributed by atoms with Crippen LogP contribution in [0.15, 0.2) is 30.3 Å². The van der Waals surface area contributed by atoms with Crippen LogP contribution in [-0.2, 0) is 19.1 Å². The van der Waals surface area contributed by atoms with Crippen molar-refractivity contribution < 1.29 is 29.0 Å². The lowest BCUT2D eigenvalue weighted by Crippen LogP contribution is -2.44. The van der Waals surface area contributed by atoms with Gasteiger partial charge in [0.2, 0.25) is 6.29 Å². The summed E-state index contributed by atoms with van der Waals surface area (Å²) in [5, 5.41) is 10.7. The molecule has 0 aliphatic rings. The average Bonchev–Trinajstić information content (AvgIpc) is 2.38. The lowest BCUT2D eigenvalue weighted by Gasteiger charge is -2.13. The van der Waals surface area contributed by atoms with E-state index in [1.54, 1.807) is 18.2 Å². The summed E-state index contributed by atoms with van der Waals surface area (Å²) in [6, 6.07) is 7.76. The Kier molecular flexibility index (Phi) is 4.56. The molecule has 1 aromatic rings. The molecule has 0 heterocycles. The first kappa shape index (κ1) is 13.4. The van der Waals surface area contributed by atoms with E-state index in [0.717, 1.165) is 0 Å². The van der Waals surface area contributed by atoms with Crippen LogP contribution in [0.5, 0.6) is 0 Å². The molecule has 0 aromatic heterocycles. The maximum atomic E-state index is 11.6. The molecule has 1 amide bonds. The van der Waals surface area contributed by atoms with Crippen molar-refractivity contribution in [3.63, 3.8) is 0 Å². The van der Waals surface area contributed by atoms with Crippen molar-refractivity contribution in [2.75, 3.05) is 0 Å². The number of hydrogen-bond acceptors (Lipinski definition) is 5. The Hall–Kier alpha value is -2.70. The molecule has 94 valence electrons. The van der Waals surface area contributed by atoms with Crippen LogP contribution >= 0.6 is 0 Å². The van der Waals surface area contributed by atoms with Crippen LogP contribution < -0.4 is 5.32 Å². The summed E-state index contributed by atoms with van der Waals surface area (Å²) in [5.74, 6) is -3.70. The van der Waals surface area contributed by atoms with Gasteiger partial charge in [0.15, 0.2) is 0 Å². The fraction of sp³-hybridized carbons (Fsp3) is 0.0909. The zero-order valence-electron chi connectivity index (χ0n) is 9.03. The van der Waals surface area contributed by atoms with Gasteiger partial charge in [0.25, 0.3) is 12.1 Å². The standard InChI is InChI=1S/C11H9NO6/c13-6-8(14)18-10(11(16)17)12-9(15)7-4-2-1-3-5-7/h1-6,10H,(H,12,15)(H,16,17). The Balaban J connectivity index is 2.73. The van der Waals surface area contributed by atoms with Crippen molar-refractivity contribution in [2.45, 2.75) is 6.23 Å². The Morgan fingerprint density at radius 3 is 2.33 bits per heavy atom. The third-order valence-electron chi connectivity index (χ3n) is 1.85. The molecule has 0 aliphatic carbocycles. The number of aliphatic carboxylic acids is 1. The summed E-state index contributed by atoms with van der Waals surface area (Å²) in [4.78, 5) is 43.0. The van der Waals surface area contributed by atoms with E-state index in [2.05, 4.69) is 4.74 Å². The second kappa shape index (κ2) is 6.14. The third-order valence-corrected chi connectivity index (χ3v) is 1.85. The molecule has 7 nitrogen and oxygen atoms in total. The minimum absolute atomic E-state index is 0.190. The Morgan fingerprint density at radius 2 is 1.83 bits per heavy atom. The lowest BCUT2D eigenvalue weighted by atomic mass is 10.2. The number of carbonyl (C=O) groups excluding carboxylic acids is 3. The van der Waals surface area contributed by atoms with Gasteiger partial charge in [-0.3, -0.25) is 9.59 Å². The second-order valence-electron chi connectivity index (χ2n) is 3.11. The molecule has 0 radical (unpaired) electrons. The van der Waals surface area contributed by atoms with Gasteiger partial charge in [-0.2, -0.15) is 0 Å². The number of carboxylic acid groups (broad SMARTS) is 1. The third kappa shape index (κ3) is 3.71. The number of carbonyl (C=O) groups is 4. The first-order chi connectivity index (χ1) is 8.54. The highest BCUT2D eigenvalue weighted by Gasteiger charge is 2.24. The zero-order valence-corrected chi connectivity index (χ0v) is 9.03. The Bertz CT molecular complexity index is 470. The van der Waals surface area contributed by atoms with E-state index in [1.165, 1.54) is 12.1 Å². The summed E-state index contributed by atoms with van der Waals surface area (Å²) >= 11 is 0. The van der Waals surface area contributed by atoms with Gasteiger partial charge in [-0.15, -0.1) is 0 Å². The first-order valence-corrected chi connectivity index (χ1v) is 4.79. The SMILES string of the molecule is O=CC(=O)OC(NC(=O)c1ccccc1)C(=O)O. The molecule has 0 saturated carbocycles. The molecular weight excluding hydrogens is 242 g/mol. The van der Waals surface area contributed by atoms with E-state index in [4.69, 9.17) is 5.11 Å². The second-order valence-corrected chi connectivity index (χ2v) is 3.11. The lowest BCUT2D eigenvalue weighted by molar-refractivity contribution is -0.165. The van der Waals surface area contributed by atoms with Crippen LogP contribution in [0.25, 0.3) is 0 Å². The van der Waals surface area contributed by atoms with Gasteiger partial charge in [-0.25, -0.2) is 9.59 Å². The summed E-state index contributed by atoms with van der Waals surface area (Å²) in [7, 11) is 0. The molecule has 7 heteroatoms. The Morgan fingerprint density at radius 1 is 1.22 bits per heavy atom. The summed E-state index contributed by atoms with van der Waals surface area (Å²) in [5.41, 5.74) is 0.200. The molecule has 0 aliphatic heterocycles.